The first-order chi connectivity index (χ1) is 14.1. The number of nitrogens with one attached hydrogen (secondary N) is 2. The first-order valence-corrected chi connectivity index (χ1v) is 11.0. The molecule has 9 heteroatoms. The molecule has 2 fully saturated rings. The van der Waals surface area contributed by atoms with Gasteiger partial charge >= 0.3 is 0 Å². The minimum atomic E-state index is 0. The van der Waals surface area contributed by atoms with Gasteiger partial charge in [-0.1, -0.05) is 6.92 Å². The van der Waals surface area contributed by atoms with Crippen molar-refractivity contribution in [2.45, 2.75) is 39.3 Å². The van der Waals surface area contributed by atoms with Crippen molar-refractivity contribution in [3.8, 4) is 0 Å². The van der Waals surface area contributed by atoms with Gasteiger partial charge in [0.2, 0.25) is 5.95 Å². The van der Waals surface area contributed by atoms with Crippen molar-refractivity contribution in [2.75, 3.05) is 64.3 Å². The Morgan fingerprint density at radius 1 is 1.17 bits per heavy atom. The smallest absolute Gasteiger partial charge is 0.225 e. The third-order valence-corrected chi connectivity index (χ3v) is 6.07. The summed E-state index contributed by atoms with van der Waals surface area (Å²) < 4.78 is 0. The number of piperazine rings is 1. The summed E-state index contributed by atoms with van der Waals surface area (Å²) in [7, 11) is 1.86. The van der Waals surface area contributed by atoms with Crippen LogP contribution in [0.25, 0.3) is 0 Å². The highest BCUT2D eigenvalue weighted by molar-refractivity contribution is 14.0. The van der Waals surface area contributed by atoms with Crippen LogP contribution in [0.5, 0.6) is 0 Å². The largest absolute Gasteiger partial charge is 0.356 e. The Bertz CT molecular complexity index is 633. The normalized spacial score (nSPS) is 23.5. The molecule has 0 spiro atoms. The maximum Gasteiger partial charge on any atom is 0.225 e. The summed E-state index contributed by atoms with van der Waals surface area (Å²) in [4.78, 5) is 20.5. The van der Waals surface area contributed by atoms with Gasteiger partial charge in [0.05, 0.1) is 0 Å². The fourth-order valence-electron chi connectivity index (χ4n) is 4.12. The molecule has 2 atom stereocenters. The van der Waals surface area contributed by atoms with Crippen LogP contribution in [-0.4, -0.2) is 97.2 Å². The van der Waals surface area contributed by atoms with Crippen molar-refractivity contribution in [1.82, 2.24) is 30.4 Å². The van der Waals surface area contributed by atoms with Crippen LogP contribution in [0.3, 0.4) is 0 Å². The first-order valence-electron chi connectivity index (χ1n) is 11.0. The Morgan fingerprint density at radius 2 is 1.87 bits per heavy atom. The number of halogens is 1. The zero-order valence-electron chi connectivity index (χ0n) is 18.9. The Kier molecular flexibility index (Phi) is 10.5. The number of anilines is 1. The highest BCUT2D eigenvalue weighted by Crippen LogP contribution is 2.18. The highest BCUT2D eigenvalue weighted by atomic mass is 127. The summed E-state index contributed by atoms with van der Waals surface area (Å²) in [5.41, 5.74) is 0. The van der Waals surface area contributed by atoms with Crippen molar-refractivity contribution in [1.29, 1.82) is 0 Å². The van der Waals surface area contributed by atoms with E-state index in [2.05, 4.69) is 61.1 Å². The lowest BCUT2D eigenvalue weighted by molar-refractivity contribution is 0.254. The number of aromatic nitrogens is 2. The van der Waals surface area contributed by atoms with E-state index in [1.807, 2.05) is 25.5 Å². The molecule has 2 N–H and O–H groups in total. The van der Waals surface area contributed by atoms with Gasteiger partial charge in [-0.05, 0) is 38.8 Å². The molecule has 0 amide bonds. The van der Waals surface area contributed by atoms with E-state index in [0.717, 1.165) is 70.7 Å². The molecule has 0 bridgehead atoms. The van der Waals surface area contributed by atoms with Gasteiger partial charge in [0.25, 0.3) is 0 Å². The molecule has 1 aromatic rings. The standard InChI is InChI=1S/C21H38N8.HI/c1-17(2)29-15-18(3)19(16-29)26-20(22-4)23-9-6-10-27-11-13-28(14-12-27)21-24-7-5-8-25-21;/h5,7-8,17-19H,6,9-16H2,1-4H3,(H2,22,23,26);1H. The van der Waals surface area contributed by atoms with E-state index < -0.39 is 0 Å². The SMILES string of the molecule is CN=C(NCCCN1CCN(c2ncccn2)CC1)NC1CN(C(C)C)CC1C.I. The molecule has 3 heterocycles. The summed E-state index contributed by atoms with van der Waals surface area (Å²) in [6.07, 6.45) is 4.74. The van der Waals surface area contributed by atoms with E-state index in [1.54, 1.807) is 0 Å². The maximum absolute atomic E-state index is 4.43. The summed E-state index contributed by atoms with van der Waals surface area (Å²) in [5, 5.41) is 7.12. The predicted octanol–water partition coefficient (Wildman–Crippen LogP) is 1.50. The van der Waals surface area contributed by atoms with Crippen molar-refractivity contribution in [3.63, 3.8) is 0 Å². The number of hydrogen-bond donors (Lipinski definition) is 2. The van der Waals surface area contributed by atoms with E-state index in [-0.39, 0.29) is 24.0 Å². The molecule has 8 nitrogen and oxygen atoms in total. The maximum atomic E-state index is 4.43. The highest BCUT2D eigenvalue weighted by Gasteiger charge is 2.31. The second kappa shape index (κ2) is 12.6. The van der Waals surface area contributed by atoms with E-state index >= 15 is 0 Å². The minimum absolute atomic E-state index is 0. The fraction of sp³-hybridized carbons (Fsp3) is 0.762. The topological polar surface area (TPSA) is 71.9 Å². The molecule has 30 heavy (non-hydrogen) atoms. The number of rotatable bonds is 7. The van der Waals surface area contributed by atoms with Crippen LogP contribution in [0.1, 0.15) is 27.2 Å². The van der Waals surface area contributed by atoms with Crippen LogP contribution in [0, 0.1) is 5.92 Å². The first kappa shape index (κ1) is 25.1. The van der Waals surface area contributed by atoms with E-state index in [1.165, 1.54) is 0 Å². The number of guanidine groups is 1. The number of likely N-dealkylation sites (tertiary alicyclic amines) is 1. The molecule has 3 rings (SSSR count). The average Bonchev–Trinajstić information content (AvgIpc) is 3.12. The molecule has 2 aliphatic heterocycles. The summed E-state index contributed by atoms with van der Waals surface area (Å²) in [6.45, 7) is 15.3. The molecular weight excluding hydrogens is 491 g/mol. The monoisotopic (exact) mass is 530 g/mol. The molecule has 0 aliphatic carbocycles. The zero-order chi connectivity index (χ0) is 20.6. The van der Waals surface area contributed by atoms with Crippen LogP contribution in [-0.2, 0) is 0 Å². The van der Waals surface area contributed by atoms with Crippen molar-refractivity contribution >= 4 is 35.9 Å². The second-order valence-corrected chi connectivity index (χ2v) is 8.51. The van der Waals surface area contributed by atoms with Gasteiger partial charge in [-0.25, -0.2) is 9.97 Å². The Balaban J connectivity index is 0.00000320. The lowest BCUT2D eigenvalue weighted by Crippen LogP contribution is -2.48. The predicted molar refractivity (Wildman–Crippen MR) is 135 cm³/mol. The van der Waals surface area contributed by atoms with Crippen molar-refractivity contribution < 1.29 is 0 Å². The van der Waals surface area contributed by atoms with E-state index in [4.69, 9.17) is 0 Å². The summed E-state index contributed by atoms with van der Waals surface area (Å²) in [5.74, 6) is 2.42. The molecule has 2 saturated heterocycles. The molecule has 2 unspecified atom stereocenters. The number of nitrogens with zero attached hydrogens (tertiary/aromatic N) is 6. The molecular formula is C21H39IN8. The van der Waals surface area contributed by atoms with Crippen LogP contribution in [0.2, 0.25) is 0 Å². The molecule has 0 aromatic carbocycles. The number of hydrogen-bond acceptors (Lipinski definition) is 6. The third-order valence-electron chi connectivity index (χ3n) is 6.07. The minimum Gasteiger partial charge on any atom is -0.356 e. The van der Waals surface area contributed by atoms with E-state index in [0.29, 0.717) is 18.0 Å². The van der Waals surface area contributed by atoms with Gasteiger partial charge in [0, 0.05) is 77.3 Å². The van der Waals surface area contributed by atoms with Gasteiger partial charge in [-0.15, -0.1) is 24.0 Å². The lowest BCUT2D eigenvalue weighted by atomic mass is 10.1. The zero-order valence-corrected chi connectivity index (χ0v) is 21.2. The fourth-order valence-corrected chi connectivity index (χ4v) is 4.12. The lowest BCUT2D eigenvalue weighted by Gasteiger charge is -2.34. The van der Waals surface area contributed by atoms with Gasteiger partial charge in [-0.3, -0.25) is 14.8 Å². The Labute approximate surface area is 198 Å². The summed E-state index contributed by atoms with van der Waals surface area (Å²) >= 11 is 0. The van der Waals surface area contributed by atoms with Crippen molar-refractivity contribution in [3.05, 3.63) is 18.5 Å². The van der Waals surface area contributed by atoms with Crippen LogP contribution in [0.15, 0.2) is 23.5 Å². The number of aliphatic imine (C=N–C) groups is 1. The Hall–Kier alpha value is -1.20. The molecule has 0 saturated carbocycles. The average molecular weight is 531 g/mol. The molecule has 2 aliphatic rings. The molecule has 170 valence electrons. The molecule has 1 aromatic heterocycles. The third kappa shape index (κ3) is 7.19. The quantitative estimate of drug-likeness (QED) is 0.240. The van der Waals surface area contributed by atoms with Crippen LogP contribution >= 0.6 is 24.0 Å². The van der Waals surface area contributed by atoms with Crippen LogP contribution in [0.4, 0.5) is 5.95 Å². The van der Waals surface area contributed by atoms with Crippen molar-refractivity contribution in [2.24, 2.45) is 10.9 Å². The van der Waals surface area contributed by atoms with E-state index in [9.17, 15) is 0 Å². The second-order valence-electron chi connectivity index (χ2n) is 8.51. The van der Waals surface area contributed by atoms with Gasteiger partial charge < -0.3 is 15.5 Å². The van der Waals surface area contributed by atoms with Gasteiger partial charge in [0.1, 0.15) is 0 Å². The van der Waals surface area contributed by atoms with Gasteiger partial charge in [-0.2, -0.15) is 0 Å². The summed E-state index contributed by atoms with van der Waals surface area (Å²) in [6, 6.07) is 2.94. The molecule has 0 radical (unpaired) electrons. The van der Waals surface area contributed by atoms with Crippen LogP contribution < -0.4 is 15.5 Å². The Morgan fingerprint density at radius 3 is 2.47 bits per heavy atom. The van der Waals surface area contributed by atoms with Gasteiger partial charge in [0.15, 0.2) is 5.96 Å².